The highest BCUT2D eigenvalue weighted by molar-refractivity contribution is 5.88. The van der Waals surface area contributed by atoms with Gasteiger partial charge in [-0.25, -0.2) is 4.79 Å². The number of benzene rings is 1. The lowest BCUT2D eigenvalue weighted by Gasteiger charge is -2.11. The van der Waals surface area contributed by atoms with Crippen molar-refractivity contribution in [2.75, 3.05) is 13.6 Å². The molecule has 0 saturated heterocycles. The zero-order chi connectivity index (χ0) is 12.1. The molecule has 0 radical (unpaired) electrons. The van der Waals surface area contributed by atoms with Crippen molar-refractivity contribution in [2.24, 2.45) is 0 Å². The second kappa shape index (κ2) is 5.66. The van der Waals surface area contributed by atoms with E-state index in [2.05, 4.69) is 5.32 Å². The molecule has 0 heterocycles. The summed E-state index contributed by atoms with van der Waals surface area (Å²) in [6.07, 6.45) is 2.07. The van der Waals surface area contributed by atoms with Gasteiger partial charge in [-0.3, -0.25) is 0 Å². The molecule has 0 aliphatic carbocycles. The van der Waals surface area contributed by atoms with Gasteiger partial charge in [-0.15, -0.1) is 0 Å². The van der Waals surface area contributed by atoms with Crippen molar-refractivity contribution in [1.82, 2.24) is 5.32 Å². The fraction of sp³-hybridized carbons (Fsp3) is 0.462. The molecule has 1 rings (SSSR count). The van der Waals surface area contributed by atoms with Gasteiger partial charge in [-0.2, -0.15) is 0 Å². The average molecular weight is 221 g/mol. The van der Waals surface area contributed by atoms with Crippen LogP contribution in [0.5, 0.6) is 0 Å². The van der Waals surface area contributed by atoms with Crippen LogP contribution in [0.4, 0.5) is 0 Å². The number of rotatable bonds is 5. The zero-order valence-electron chi connectivity index (χ0n) is 10.1. The van der Waals surface area contributed by atoms with E-state index in [0.717, 1.165) is 30.5 Å². The molecule has 0 atom stereocenters. The van der Waals surface area contributed by atoms with E-state index in [1.807, 2.05) is 20.9 Å². The van der Waals surface area contributed by atoms with Crippen LogP contribution in [-0.2, 0) is 6.42 Å². The van der Waals surface area contributed by atoms with Gasteiger partial charge in [0.15, 0.2) is 0 Å². The Morgan fingerprint density at radius 2 is 1.88 bits per heavy atom. The van der Waals surface area contributed by atoms with Crippen molar-refractivity contribution >= 4 is 5.97 Å². The van der Waals surface area contributed by atoms with Gasteiger partial charge in [0.2, 0.25) is 0 Å². The SMILES string of the molecule is CNCCCc1c(C)cc(C(=O)O)cc1C. The van der Waals surface area contributed by atoms with E-state index >= 15 is 0 Å². The van der Waals surface area contributed by atoms with Gasteiger partial charge in [-0.05, 0) is 69.1 Å². The van der Waals surface area contributed by atoms with E-state index in [9.17, 15) is 4.79 Å². The number of carboxylic acids is 1. The summed E-state index contributed by atoms with van der Waals surface area (Å²) in [4.78, 5) is 10.9. The van der Waals surface area contributed by atoms with Crippen LogP contribution in [0, 0.1) is 13.8 Å². The molecule has 3 heteroatoms. The highest BCUT2D eigenvalue weighted by Crippen LogP contribution is 2.18. The van der Waals surface area contributed by atoms with Gasteiger partial charge < -0.3 is 10.4 Å². The number of hydrogen-bond donors (Lipinski definition) is 2. The summed E-state index contributed by atoms with van der Waals surface area (Å²) in [5.41, 5.74) is 3.81. The smallest absolute Gasteiger partial charge is 0.335 e. The molecule has 2 N–H and O–H groups in total. The Morgan fingerprint density at radius 3 is 2.31 bits per heavy atom. The highest BCUT2D eigenvalue weighted by atomic mass is 16.4. The fourth-order valence-electron chi connectivity index (χ4n) is 1.95. The molecule has 3 nitrogen and oxygen atoms in total. The Bertz CT molecular complexity index is 363. The van der Waals surface area contributed by atoms with Crippen molar-refractivity contribution in [1.29, 1.82) is 0 Å². The number of aryl methyl sites for hydroxylation is 2. The summed E-state index contributed by atoms with van der Waals surface area (Å²) in [6, 6.07) is 3.51. The Morgan fingerprint density at radius 1 is 1.31 bits per heavy atom. The van der Waals surface area contributed by atoms with Gasteiger partial charge in [0, 0.05) is 0 Å². The summed E-state index contributed by atoms with van der Waals surface area (Å²) in [5, 5.41) is 12.0. The third-order valence-electron chi connectivity index (χ3n) is 2.80. The van der Waals surface area contributed by atoms with Crippen LogP contribution in [0.1, 0.15) is 33.5 Å². The Hall–Kier alpha value is -1.35. The van der Waals surface area contributed by atoms with Crippen LogP contribution in [0.25, 0.3) is 0 Å². The predicted molar refractivity (Wildman–Crippen MR) is 65.1 cm³/mol. The summed E-state index contributed by atoms with van der Waals surface area (Å²) < 4.78 is 0. The second-order valence-corrected chi connectivity index (χ2v) is 4.10. The molecule has 0 amide bonds. The summed E-state index contributed by atoms with van der Waals surface area (Å²) >= 11 is 0. The van der Waals surface area contributed by atoms with Crippen LogP contribution < -0.4 is 5.32 Å². The van der Waals surface area contributed by atoms with Crippen LogP contribution in [0.15, 0.2) is 12.1 Å². The molecule has 1 aromatic rings. The van der Waals surface area contributed by atoms with Gasteiger partial charge in [0.25, 0.3) is 0 Å². The van der Waals surface area contributed by atoms with Crippen molar-refractivity contribution < 1.29 is 9.90 Å². The first-order valence-corrected chi connectivity index (χ1v) is 5.54. The minimum Gasteiger partial charge on any atom is -0.478 e. The molecule has 1 aromatic carbocycles. The average Bonchev–Trinajstić information content (AvgIpc) is 2.21. The molecule has 0 bridgehead atoms. The molecular formula is C13H19NO2. The topological polar surface area (TPSA) is 49.3 Å². The van der Waals surface area contributed by atoms with Crippen molar-refractivity contribution in [3.05, 3.63) is 34.4 Å². The number of hydrogen-bond acceptors (Lipinski definition) is 2. The highest BCUT2D eigenvalue weighted by Gasteiger charge is 2.08. The minimum atomic E-state index is -0.854. The normalized spacial score (nSPS) is 10.4. The van der Waals surface area contributed by atoms with E-state index in [4.69, 9.17) is 5.11 Å². The monoisotopic (exact) mass is 221 g/mol. The Labute approximate surface area is 96.5 Å². The van der Waals surface area contributed by atoms with E-state index in [1.165, 1.54) is 5.56 Å². The quantitative estimate of drug-likeness (QED) is 0.749. The van der Waals surface area contributed by atoms with Crippen LogP contribution >= 0.6 is 0 Å². The molecule has 0 unspecified atom stereocenters. The number of carboxylic acid groups (broad SMARTS) is 1. The van der Waals surface area contributed by atoms with E-state index in [1.54, 1.807) is 12.1 Å². The van der Waals surface area contributed by atoms with Crippen molar-refractivity contribution in [3.63, 3.8) is 0 Å². The maximum Gasteiger partial charge on any atom is 0.335 e. The van der Waals surface area contributed by atoms with Gasteiger partial charge in [0.1, 0.15) is 0 Å². The molecular weight excluding hydrogens is 202 g/mol. The standard InChI is InChI=1S/C13H19NO2/c1-9-7-11(13(15)16)8-10(2)12(9)5-4-6-14-3/h7-8,14H,4-6H2,1-3H3,(H,15,16). The van der Waals surface area contributed by atoms with Crippen molar-refractivity contribution in [2.45, 2.75) is 26.7 Å². The van der Waals surface area contributed by atoms with Gasteiger partial charge >= 0.3 is 5.97 Å². The predicted octanol–water partition coefficient (Wildman–Crippen LogP) is 2.15. The van der Waals surface area contributed by atoms with Crippen LogP contribution in [-0.4, -0.2) is 24.7 Å². The van der Waals surface area contributed by atoms with Crippen LogP contribution in [0.2, 0.25) is 0 Å². The Kier molecular flexibility index (Phi) is 4.50. The van der Waals surface area contributed by atoms with E-state index < -0.39 is 5.97 Å². The third-order valence-corrected chi connectivity index (χ3v) is 2.80. The lowest BCUT2D eigenvalue weighted by atomic mass is 9.96. The molecule has 16 heavy (non-hydrogen) atoms. The van der Waals surface area contributed by atoms with Crippen LogP contribution in [0.3, 0.4) is 0 Å². The molecule has 0 aromatic heterocycles. The summed E-state index contributed by atoms with van der Waals surface area (Å²) in [6.45, 7) is 4.95. The molecule has 0 aliphatic rings. The van der Waals surface area contributed by atoms with Gasteiger partial charge in [0.05, 0.1) is 5.56 Å². The minimum absolute atomic E-state index is 0.382. The first kappa shape index (κ1) is 12.7. The zero-order valence-corrected chi connectivity index (χ0v) is 10.1. The lowest BCUT2D eigenvalue weighted by molar-refractivity contribution is 0.0696. The summed E-state index contributed by atoms with van der Waals surface area (Å²) in [5.74, 6) is -0.854. The number of carbonyl (C=O) groups is 1. The number of aromatic carboxylic acids is 1. The Balaban J connectivity index is 2.89. The fourth-order valence-corrected chi connectivity index (χ4v) is 1.95. The van der Waals surface area contributed by atoms with Crippen molar-refractivity contribution in [3.8, 4) is 0 Å². The number of nitrogens with one attached hydrogen (secondary N) is 1. The lowest BCUT2D eigenvalue weighted by Crippen LogP contribution is -2.09. The first-order valence-electron chi connectivity index (χ1n) is 5.54. The van der Waals surface area contributed by atoms with E-state index in [-0.39, 0.29) is 0 Å². The third kappa shape index (κ3) is 3.07. The van der Waals surface area contributed by atoms with E-state index in [0.29, 0.717) is 5.56 Å². The molecule has 0 fully saturated rings. The molecule has 88 valence electrons. The summed E-state index contributed by atoms with van der Waals surface area (Å²) in [7, 11) is 1.94. The molecule has 0 aliphatic heterocycles. The maximum atomic E-state index is 10.9. The molecule has 0 spiro atoms. The largest absolute Gasteiger partial charge is 0.478 e. The molecule has 0 saturated carbocycles. The first-order chi connectivity index (χ1) is 7.56. The van der Waals surface area contributed by atoms with Gasteiger partial charge in [-0.1, -0.05) is 0 Å². The second-order valence-electron chi connectivity index (χ2n) is 4.10. The maximum absolute atomic E-state index is 10.9.